The number of aromatic nitrogens is 1. The highest BCUT2D eigenvalue weighted by Gasteiger charge is 2.11. The van der Waals surface area contributed by atoms with E-state index in [4.69, 9.17) is 27.6 Å². The Morgan fingerprint density at radius 1 is 1.46 bits per heavy atom. The van der Waals surface area contributed by atoms with E-state index in [9.17, 15) is 4.79 Å². The molecule has 0 aliphatic heterocycles. The quantitative estimate of drug-likeness (QED) is 0.688. The van der Waals surface area contributed by atoms with Gasteiger partial charge in [0.1, 0.15) is 5.02 Å². The minimum Gasteiger partial charge on any atom is -0.450 e. The monoisotopic (exact) mass is 215 g/mol. The first-order valence-electron chi connectivity index (χ1n) is 3.41. The van der Waals surface area contributed by atoms with Crippen LogP contribution >= 0.6 is 23.2 Å². The molecule has 0 aliphatic rings. The molecule has 0 amide bonds. The van der Waals surface area contributed by atoms with Crippen LogP contribution in [-0.4, -0.2) is 10.2 Å². The number of hydrogen-bond donors (Lipinski definition) is 0. The predicted molar refractivity (Wildman–Crippen MR) is 49.2 cm³/mol. The number of nitrogens with zero attached hydrogens (tertiary/aromatic N) is 1. The molecule has 0 bridgehead atoms. The van der Waals surface area contributed by atoms with Crippen molar-refractivity contribution < 1.29 is 9.21 Å². The highest BCUT2D eigenvalue weighted by molar-refractivity contribution is 6.67. The van der Waals surface area contributed by atoms with Gasteiger partial charge >= 0.3 is 0 Å². The van der Waals surface area contributed by atoms with E-state index in [2.05, 4.69) is 4.98 Å². The number of furan rings is 1. The molecule has 0 saturated carbocycles. The molecule has 0 spiro atoms. The largest absolute Gasteiger partial charge is 0.450 e. The van der Waals surface area contributed by atoms with Crippen molar-refractivity contribution in [2.45, 2.75) is 0 Å². The van der Waals surface area contributed by atoms with Crippen LogP contribution in [0.4, 0.5) is 0 Å². The number of carbonyl (C=O) groups excluding carboxylic acids is 1. The van der Waals surface area contributed by atoms with Crippen LogP contribution in [-0.2, 0) is 0 Å². The van der Waals surface area contributed by atoms with Gasteiger partial charge in [-0.3, -0.25) is 9.78 Å². The molecule has 2 aromatic heterocycles. The summed E-state index contributed by atoms with van der Waals surface area (Å²) in [5.74, 6) is 0.0755. The van der Waals surface area contributed by atoms with Gasteiger partial charge < -0.3 is 4.42 Å². The second kappa shape index (κ2) is 3.01. The topological polar surface area (TPSA) is 43.1 Å². The summed E-state index contributed by atoms with van der Waals surface area (Å²) in [7, 11) is 0. The van der Waals surface area contributed by atoms with Gasteiger partial charge in [0, 0.05) is 17.8 Å². The number of carbonyl (C=O) groups is 1. The summed E-state index contributed by atoms with van der Waals surface area (Å²) < 4.78 is 5.11. The van der Waals surface area contributed by atoms with Gasteiger partial charge in [-0.2, -0.15) is 0 Å². The molecule has 2 aromatic rings. The first-order valence-corrected chi connectivity index (χ1v) is 4.17. The number of halogens is 2. The second-order valence-corrected chi connectivity index (χ2v) is 3.17. The van der Waals surface area contributed by atoms with Crippen LogP contribution in [0, 0.1) is 0 Å². The average molecular weight is 216 g/mol. The molecule has 5 heteroatoms. The van der Waals surface area contributed by atoms with E-state index >= 15 is 0 Å². The Bertz CT molecular complexity index is 478. The molecule has 0 saturated heterocycles. The molecule has 0 radical (unpaired) electrons. The lowest BCUT2D eigenvalue weighted by molar-refractivity contribution is 0.105. The lowest BCUT2D eigenvalue weighted by Crippen LogP contribution is -1.80. The van der Waals surface area contributed by atoms with E-state index in [-0.39, 0.29) is 5.76 Å². The van der Waals surface area contributed by atoms with Crippen molar-refractivity contribution in [2.24, 2.45) is 0 Å². The van der Waals surface area contributed by atoms with Gasteiger partial charge in [0.15, 0.2) is 11.3 Å². The molecule has 0 aromatic carbocycles. The molecule has 0 atom stereocenters. The fraction of sp³-hybridized carbons (Fsp3) is 0. The summed E-state index contributed by atoms with van der Waals surface area (Å²) in [6.45, 7) is 0. The van der Waals surface area contributed by atoms with Crippen LogP contribution in [0.15, 0.2) is 22.9 Å². The van der Waals surface area contributed by atoms with Crippen LogP contribution in [0.25, 0.3) is 11.0 Å². The Balaban J connectivity index is 2.75. The number of rotatable bonds is 1. The van der Waals surface area contributed by atoms with Crippen molar-refractivity contribution >= 4 is 39.4 Å². The molecule has 66 valence electrons. The van der Waals surface area contributed by atoms with Gasteiger partial charge in [0.05, 0.1) is 0 Å². The van der Waals surface area contributed by atoms with E-state index in [0.29, 0.717) is 16.0 Å². The molecular weight excluding hydrogens is 213 g/mol. The first-order chi connectivity index (χ1) is 6.18. The Morgan fingerprint density at radius 2 is 2.23 bits per heavy atom. The van der Waals surface area contributed by atoms with Crippen molar-refractivity contribution in [3.05, 3.63) is 29.2 Å². The molecule has 13 heavy (non-hydrogen) atoms. The van der Waals surface area contributed by atoms with Crippen molar-refractivity contribution in [1.82, 2.24) is 4.98 Å². The SMILES string of the molecule is O=C(Cl)c1cc2cncc(Cl)c2o1. The van der Waals surface area contributed by atoms with Crippen LogP contribution in [0.1, 0.15) is 10.6 Å². The number of hydrogen-bond acceptors (Lipinski definition) is 3. The third kappa shape index (κ3) is 1.41. The molecule has 0 N–H and O–H groups in total. The van der Waals surface area contributed by atoms with Crippen LogP contribution in [0.3, 0.4) is 0 Å². The average Bonchev–Trinajstić information content (AvgIpc) is 2.49. The minimum absolute atomic E-state index is 0.0755. The van der Waals surface area contributed by atoms with Gasteiger partial charge in [-0.25, -0.2) is 0 Å². The second-order valence-electron chi connectivity index (χ2n) is 2.42. The third-order valence-electron chi connectivity index (χ3n) is 1.57. The van der Waals surface area contributed by atoms with Crippen molar-refractivity contribution in [3.63, 3.8) is 0 Å². The first kappa shape index (κ1) is 8.53. The van der Waals surface area contributed by atoms with Crippen LogP contribution in [0.5, 0.6) is 0 Å². The van der Waals surface area contributed by atoms with Gasteiger partial charge in [0.25, 0.3) is 5.24 Å². The van der Waals surface area contributed by atoms with Gasteiger partial charge in [-0.1, -0.05) is 11.6 Å². The molecule has 2 heterocycles. The molecule has 0 unspecified atom stereocenters. The Kier molecular flexibility index (Phi) is 1.98. The van der Waals surface area contributed by atoms with E-state index < -0.39 is 5.24 Å². The number of fused-ring (bicyclic) bond motifs is 1. The normalized spacial score (nSPS) is 10.6. The van der Waals surface area contributed by atoms with E-state index in [1.165, 1.54) is 12.3 Å². The highest BCUT2D eigenvalue weighted by Crippen LogP contribution is 2.25. The zero-order valence-corrected chi connectivity index (χ0v) is 7.76. The van der Waals surface area contributed by atoms with Crippen molar-refractivity contribution in [3.8, 4) is 0 Å². The van der Waals surface area contributed by atoms with Crippen LogP contribution < -0.4 is 0 Å². The van der Waals surface area contributed by atoms with Gasteiger partial charge in [-0.15, -0.1) is 0 Å². The molecular formula is C8H3Cl2NO2. The zero-order chi connectivity index (χ0) is 9.42. The highest BCUT2D eigenvalue weighted by atomic mass is 35.5. The molecule has 0 fully saturated rings. The standard InChI is InChI=1S/C8H3Cl2NO2/c9-5-3-11-2-4-1-6(8(10)12)13-7(4)5/h1-3H. The van der Waals surface area contributed by atoms with E-state index in [1.807, 2.05) is 0 Å². The maximum atomic E-state index is 10.7. The molecule has 2 rings (SSSR count). The smallest absolute Gasteiger partial charge is 0.287 e. The Labute approximate surface area is 83.3 Å². The Hall–Kier alpha value is -1.06. The third-order valence-corrected chi connectivity index (χ3v) is 2.03. The summed E-state index contributed by atoms with van der Waals surface area (Å²) in [4.78, 5) is 14.6. The Morgan fingerprint density at radius 3 is 2.85 bits per heavy atom. The summed E-state index contributed by atoms with van der Waals surface area (Å²) in [6.07, 6.45) is 2.99. The van der Waals surface area contributed by atoms with Crippen molar-refractivity contribution in [2.75, 3.05) is 0 Å². The van der Waals surface area contributed by atoms with E-state index in [0.717, 1.165) is 0 Å². The minimum atomic E-state index is -0.646. The summed E-state index contributed by atoms with van der Waals surface area (Å²) in [5.41, 5.74) is 0.431. The van der Waals surface area contributed by atoms with Crippen molar-refractivity contribution in [1.29, 1.82) is 0 Å². The summed E-state index contributed by atoms with van der Waals surface area (Å²) >= 11 is 11.0. The maximum absolute atomic E-state index is 10.7. The van der Waals surface area contributed by atoms with Gasteiger partial charge in [-0.05, 0) is 17.7 Å². The van der Waals surface area contributed by atoms with E-state index in [1.54, 1.807) is 6.20 Å². The van der Waals surface area contributed by atoms with Crippen LogP contribution in [0.2, 0.25) is 5.02 Å². The fourth-order valence-electron chi connectivity index (χ4n) is 1.03. The summed E-state index contributed by atoms with van der Waals surface area (Å²) in [5, 5.41) is 0.380. The fourth-order valence-corrected chi connectivity index (χ4v) is 1.32. The lowest BCUT2D eigenvalue weighted by Gasteiger charge is -1.88. The maximum Gasteiger partial charge on any atom is 0.287 e. The number of pyridine rings is 1. The zero-order valence-electron chi connectivity index (χ0n) is 6.25. The summed E-state index contributed by atoms with van der Waals surface area (Å²) in [6, 6.07) is 1.50. The molecule has 3 nitrogen and oxygen atoms in total. The lowest BCUT2D eigenvalue weighted by atomic mass is 10.3. The molecule has 0 aliphatic carbocycles. The van der Waals surface area contributed by atoms with Gasteiger partial charge in [0.2, 0.25) is 0 Å². The predicted octanol–water partition coefficient (Wildman–Crippen LogP) is 2.86.